The molecule has 0 radical (unpaired) electrons. The summed E-state index contributed by atoms with van der Waals surface area (Å²) in [5.41, 5.74) is 0. The summed E-state index contributed by atoms with van der Waals surface area (Å²) in [4.78, 5) is 0. The van der Waals surface area contributed by atoms with Crippen LogP contribution in [0.1, 0.15) is 0 Å². The lowest BCUT2D eigenvalue weighted by Crippen LogP contribution is -2.51. The van der Waals surface area contributed by atoms with Crippen molar-refractivity contribution in [1.82, 2.24) is 8.61 Å². The van der Waals surface area contributed by atoms with Crippen molar-refractivity contribution in [1.29, 1.82) is 0 Å². The number of ether oxygens (including phenoxy) is 2. The average Bonchev–Trinajstić information content (AvgIpc) is 2.55. The molecule has 10 heteroatoms. The Morgan fingerprint density at radius 1 is 0.917 bits per heavy atom. The zero-order chi connectivity index (χ0) is 17.8. The Morgan fingerprint density at radius 3 is 1.92 bits per heavy atom. The Hall–Kier alpha value is -1.36. The van der Waals surface area contributed by atoms with Crippen LogP contribution in [0.2, 0.25) is 0 Å². The third-order valence-electron chi connectivity index (χ3n) is 3.73. The van der Waals surface area contributed by atoms with E-state index in [2.05, 4.69) is 0 Å². The molecule has 1 aliphatic heterocycles. The van der Waals surface area contributed by atoms with E-state index in [0.29, 0.717) is 11.5 Å². The number of nitrogens with zero attached hydrogens (tertiary/aromatic N) is 2. The van der Waals surface area contributed by atoms with Crippen molar-refractivity contribution < 1.29 is 26.3 Å². The van der Waals surface area contributed by atoms with E-state index >= 15 is 0 Å². The van der Waals surface area contributed by atoms with E-state index in [9.17, 15) is 16.8 Å². The van der Waals surface area contributed by atoms with Crippen molar-refractivity contribution in [2.45, 2.75) is 0 Å². The monoisotopic (exact) mass is 378 g/mol. The van der Waals surface area contributed by atoms with Crippen molar-refractivity contribution in [3.8, 4) is 11.5 Å². The molecule has 0 aromatic heterocycles. The Labute approximate surface area is 143 Å². The first kappa shape index (κ1) is 19.0. The fourth-order valence-electron chi connectivity index (χ4n) is 2.35. The van der Waals surface area contributed by atoms with Gasteiger partial charge in [0.25, 0.3) is 0 Å². The smallest absolute Gasteiger partial charge is 0.217 e. The third kappa shape index (κ3) is 5.07. The van der Waals surface area contributed by atoms with Crippen LogP contribution in [0, 0.1) is 0 Å². The lowest BCUT2D eigenvalue weighted by Gasteiger charge is -2.32. The second-order valence-electron chi connectivity index (χ2n) is 5.40. The normalized spacial score (nSPS) is 17.6. The summed E-state index contributed by atoms with van der Waals surface area (Å²) in [5.74, 6) is 1.10. The number of methoxy groups -OCH3 is 1. The average molecular weight is 378 g/mol. The molecule has 1 aromatic rings. The molecule has 0 amide bonds. The quantitative estimate of drug-likeness (QED) is 0.662. The molecule has 0 bridgehead atoms. The molecule has 0 unspecified atom stereocenters. The zero-order valence-electron chi connectivity index (χ0n) is 13.7. The van der Waals surface area contributed by atoms with E-state index in [1.165, 1.54) is 8.61 Å². The number of benzene rings is 1. The van der Waals surface area contributed by atoms with Gasteiger partial charge >= 0.3 is 0 Å². The van der Waals surface area contributed by atoms with Crippen molar-refractivity contribution in [2.75, 3.05) is 51.9 Å². The van der Waals surface area contributed by atoms with Gasteiger partial charge in [-0.2, -0.15) is 8.61 Å². The first-order chi connectivity index (χ1) is 11.2. The highest BCUT2D eigenvalue weighted by atomic mass is 32.2. The van der Waals surface area contributed by atoms with E-state index in [-0.39, 0.29) is 38.5 Å². The second kappa shape index (κ2) is 7.68. The maximum atomic E-state index is 12.3. The number of hydrogen-bond acceptors (Lipinski definition) is 6. The molecule has 0 N–H and O–H groups in total. The van der Waals surface area contributed by atoms with Gasteiger partial charge in [0.15, 0.2) is 0 Å². The van der Waals surface area contributed by atoms with Gasteiger partial charge in [0, 0.05) is 26.2 Å². The number of hydrogen-bond donors (Lipinski definition) is 0. The molecular weight excluding hydrogens is 356 g/mol. The van der Waals surface area contributed by atoms with Crippen molar-refractivity contribution in [3.63, 3.8) is 0 Å². The lowest BCUT2D eigenvalue weighted by atomic mass is 10.3. The van der Waals surface area contributed by atoms with E-state index in [0.717, 1.165) is 6.26 Å². The molecule has 0 saturated carbocycles. The van der Waals surface area contributed by atoms with Crippen LogP contribution in [0.3, 0.4) is 0 Å². The van der Waals surface area contributed by atoms with Gasteiger partial charge in [-0.15, -0.1) is 0 Å². The minimum atomic E-state index is -3.47. The molecule has 1 aromatic carbocycles. The molecule has 1 fully saturated rings. The highest BCUT2D eigenvalue weighted by Gasteiger charge is 2.30. The molecule has 1 saturated heterocycles. The van der Waals surface area contributed by atoms with E-state index in [4.69, 9.17) is 9.47 Å². The second-order valence-corrected chi connectivity index (χ2v) is 9.47. The standard InChI is InChI=1S/C14H22N2O6S2/c1-21-13-3-5-14(6-4-13)22-11-12-24(19,20)16-9-7-15(8-10-16)23(2,17)18/h3-6H,7-12H2,1-2H3. The molecule has 0 atom stereocenters. The van der Waals surface area contributed by atoms with Gasteiger partial charge in [0.1, 0.15) is 18.1 Å². The summed E-state index contributed by atoms with van der Waals surface area (Å²) >= 11 is 0. The van der Waals surface area contributed by atoms with E-state index < -0.39 is 20.0 Å². The lowest BCUT2D eigenvalue weighted by molar-refractivity contribution is 0.270. The summed E-state index contributed by atoms with van der Waals surface area (Å²) in [5, 5.41) is 0. The molecular formula is C14H22N2O6S2. The molecule has 24 heavy (non-hydrogen) atoms. The number of sulfonamides is 2. The molecule has 8 nitrogen and oxygen atoms in total. The fourth-order valence-corrected chi connectivity index (χ4v) is 4.44. The third-order valence-corrected chi connectivity index (χ3v) is 6.87. The van der Waals surface area contributed by atoms with Crippen LogP contribution in [-0.4, -0.2) is 77.4 Å². The summed E-state index contributed by atoms with van der Waals surface area (Å²) < 4.78 is 60.5. The Balaban J connectivity index is 1.83. The van der Waals surface area contributed by atoms with Crippen LogP contribution in [0.4, 0.5) is 0 Å². The van der Waals surface area contributed by atoms with Gasteiger partial charge in [-0.3, -0.25) is 0 Å². The van der Waals surface area contributed by atoms with Gasteiger partial charge in [-0.1, -0.05) is 0 Å². The Bertz CT molecular complexity index is 738. The van der Waals surface area contributed by atoms with Crippen LogP contribution in [0.5, 0.6) is 11.5 Å². The Morgan fingerprint density at radius 2 is 1.42 bits per heavy atom. The highest BCUT2D eigenvalue weighted by molar-refractivity contribution is 7.89. The van der Waals surface area contributed by atoms with Gasteiger partial charge in [0.05, 0.1) is 19.1 Å². The minimum absolute atomic E-state index is 0.0287. The molecule has 0 aliphatic carbocycles. The SMILES string of the molecule is COc1ccc(OCCS(=O)(=O)N2CCN(S(C)(=O)=O)CC2)cc1. The molecule has 1 heterocycles. The van der Waals surface area contributed by atoms with E-state index in [1.54, 1.807) is 31.4 Å². The Kier molecular flexibility index (Phi) is 6.07. The molecule has 0 spiro atoms. The van der Waals surface area contributed by atoms with Crippen LogP contribution >= 0.6 is 0 Å². The maximum absolute atomic E-state index is 12.3. The van der Waals surface area contributed by atoms with Crippen LogP contribution < -0.4 is 9.47 Å². The van der Waals surface area contributed by atoms with Crippen LogP contribution in [-0.2, 0) is 20.0 Å². The number of rotatable bonds is 7. The van der Waals surface area contributed by atoms with Crippen molar-refractivity contribution >= 4 is 20.0 Å². The van der Waals surface area contributed by atoms with Crippen LogP contribution in [0.15, 0.2) is 24.3 Å². The predicted molar refractivity (Wildman–Crippen MR) is 90.3 cm³/mol. The molecule has 2 rings (SSSR count). The van der Waals surface area contributed by atoms with Gasteiger partial charge in [-0.25, -0.2) is 16.8 Å². The largest absolute Gasteiger partial charge is 0.497 e. The van der Waals surface area contributed by atoms with E-state index in [1.807, 2.05) is 0 Å². The number of piperazine rings is 1. The van der Waals surface area contributed by atoms with Gasteiger partial charge < -0.3 is 9.47 Å². The minimum Gasteiger partial charge on any atom is -0.497 e. The first-order valence-corrected chi connectivity index (χ1v) is 10.9. The summed E-state index contributed by atoms with van der Waals surface area (Å²) in [6.07, 6.45) is 1.12. The molecule has 136 valence electrons. The summed E-state index contributed by atoms with van der Waals surface area (Å²) in [7, 11) is -5.19. The zero-order valence-corrected chi connectivity index (χ0v) is 15.3. The molecule has 1 aliphatic rings. The van der Waals surface area contributed by atoms with Crippen LogP contribution in [0.25, 0.3) is 0 Å². The highest BCUT2D eigenvalue weighted by Crippen LogP contribution is 2.17. The summed E-state index contributed by atoms with van der Waals surface area (Å²) in [6, 6.07) is 6.87. The fraction of sp³-hybridized carbons (Fsp3) is 0.571. The van der Waals surface area contributed by atoms with Crippen molar-refractivity contribution in [2.24, 2.45) is 0 Å². The first-order valence-electron chi connectivity index (χ1n) is 7.42. The predicted octanol–water partition coefficient (Wildman–Crippen LogP) is -0.0190. The maximum Gasteiger partial charge on any atom is 0.217 e. The van der Waals surface area contributed by atoms with Crippen molar-refractivity contribution in [3.05, 3.63) is 24.3 Å². The topological polar surface area (TPSA) is 93.2 Å². The summed E-state index contributed by atoms with van der Waals surface area (Å²) in [6.45, 7) is 0.714. The van der Waals surface area contributed by atoms with Gasteiger partial charge in [0.2, 0.25) is 20.0 Å². The van der Waals surface area contributed by atoms with Gasteiger partial charge in [-0.05, 0) is 24.3 Å².